The number of aromatic nitrogens is 2. The molecule has 2 heterocycles. The van der Waals surface area contributed by atoms with Crippen LogP contribution in [0.5, 0.6) is 0 Å². The van der Waals surface area contributed by atoms with Gasteiger partial charge in [0.25, 0.3) is 0 Å². The van der Waals surface area contributed by atoms with E-state index in [1.54, 1.807) is 0 Å². The Morgan fingerprint density at radius 3 is 2.46 bits per heavy atom. The van der Waals surface area contributed by atoms with Crippen molar-refractivity contribution in [1.29, 1.82) is 0 Å². The van der Waals surface area contributed by atoms with Gasteiger partial charge >= 0.3 is 0 Å². The Balaban J connectivity index is 1.88. The maximum Gasteiger partial charge on any atom is 0.233 e. The summed E-state index contributed by atoms with van der Waals surface area (Å²) in [4.78, 5) is 26.4. The molecule has 134 valence electrons. The Bertz CT molecular complexity index is 587. The number of carbonyl (C=O) groups excluding carboxylic acids is 2. The number of carbonyl (C=O) groups is 2. The topological polar surface area (TPSA) is 75.2 Å². The average molecular weight is 371 g/mol. The smallest absolute Gasteiger partial charge is 0.233 e. The van der Waals surface area contributed by atoms with Gasteiger partial charge in [0.05, 0.1) is 5.75 Å². The number of rotatable bonds is 4. The van der Waals surface area contributed by atoms with Crippen LogP contribution in [0.1, 0.15) is 53.9 Å². The van der Waals surface area contributed by atoms with Gasteiger partial charge in [-0.3, -0.25) is 9.59 Å². The van der Waals surface area contributed by atoms with Crippen LogP contribution in [-0.4, -0.2) is 44.7 Å². The van der Waals surface area contributed by atoms with Crippen LogP contribution in [0.3, 0.4) is 0 Å². The maximum atomic E-state index is 12.5. The first-order valence-electron chi connectivity index (χ1n) is 8.27. The molecule has 6 nitrogen and oxygen atoms in total. The summed E-state index contributed by atoms with van der Waals surface area (Å²) in [5, 5.41) is 11.3. The fourth-order valence-electron chi connectivity index (χ4n) is 2.71. The summed E-state index contributed by atoms with van der Waals surface area (Å²) in [5.74, 6) is 0.411. The number of amides is 2. The molecule has 0 saturated carbocycles. The Morgan fingerprint density at radius 1 is 1.25 bits per heavy atom. The highest BCUT2D eigenvalue weighted by molar-refractivity contribution is 8.01. The number of thioether (sulfide) groups is 1. The van der Waals surface area contributed by atoms with E-state index in [1.807, 2.05) is 25.7 Å². The molecule has 24 heavy (non-hydrogen) atoms. The normalized spacial score (nSPS) is 21.6. The maximum absolute atomic E-state index is 12.5. The van der Waals surface area contributed by atoms with E-state index in [1.165, 1.54) is 29.5 Å². The number of nitrogens with one attached hydrogen (secondary N) is 1. The molecule has 1 aromatic rings. The van der Waals surface area contributed by atoms with Gasteiger partial charge in [0, 0.05) is 17.5 Å². The molecule has 0 aliphatic carbocycles. The predicted octanol–water partition coefficient (Wildman–Crippen LogP) is 3.40. The van der Waals surface area contributed by atoms with E-state index in [0.717, 1.165) is 12.8 Å². The third-order valence-electron chi connectivity index (χ3n) is 4.11. The molecule has 0 bridgehead atoms. The van der Waals surface area contributed by atoms with Crippen molar-refractivity contribution in [3.8, 4) is 0 Å². The second-order valence-corrected chi connectivity index (χ2v) is 9.50. The fourth-order valence-corrected chi connectivity index (χ4v) is 4.33. The van der Waals surface area contributed by atoms with Gasteiger partial charge in [0.2, 0.25) is 16.9 Å². The number of anilines is 1. The third-order valence-corrected chi connectivity index (χ3v) is 6.07. The molecule has 1 aliphatic rings. The fraction of sp³-hybridized carbons (Fsp3) is 0.750. The highest BCUT2D eigenvalue weighted by Gasteiger charge is 2.29. The highest BCUT2D eigenvalue weighted by Crippen LogP contribution is 2.29. The largest absolute Gasteiger partial charge is 0.337 e. The van der Waals surface area contributed by atoms with Gasteiger partial charge in [-0.15, -0.1) is 10.2 Å². The molecule has 1 fully saturated rings. The van der Waals surface area contributed by atoms with Gasteiger partial charge in [-0.25, -0.2) is 0 Å². The highest BCUT2D eigenvalue weighted by atomic mass is 32.2. The van der Waals surface area contributed by atoms with Crippen LogP contribution in [0, 0.1) is 5.41 Å². The van der Waals surface area contributed by atoms with Crippen LogP contribution in [0.4, 0.5) is 5.13 Å². The van der Waals surface area contributed by atoms with Crippen LogP contribution in [0.2, 0.25) is 0 Å². The lowest BCUT2D eigenvalue weighted by Gasteiger charge is -2.39. The molecule has 2 rings (SSSR count). The lowest BCUT2D eigenvalue weighted by atomic mass is 9.96. The van der Waals surface area contributed by atoms with Gasteiger partial charge in [0.15, 0.2) is 4.34 Å². The summed E-state index contributed by atoms with van der Waals surface area (Å²) in [5.41, 5.74) is -0.477. The number of nitrogens with zero attached hydrogens (tertiary/aromatic N) is 3. The predicted molar refractivity (Wildman–Crippen MR) is 98.3 cm³/mol. The van der Waals surface area contributed by atoms with Crippen LogP contribution in [0.25, 0.3) is 0 Å². The number of likely N-dealkylation sites (tertiary alicyclic amines) is 1. The molecule has 2 amide bonds. The second-order valence-electron chi connectivity index (χ2n) is 7.30. The Morgan fingerprint density at radius 2 is 1.88 bits per heavy atom. The molecule has 0 aromatic carbocycles. The van der Waals surface area contributed by atoms with Gasteiger partial charge in [-0.05, 0) is 33.1 Å². The molecule has 0 radical (unpaired) electrons. The molecule has 0 unspecified atom stereocenters. The quantitative estimate of drug-likeness (QED) is 0.649. The molecule has 1 N–H and O–H groups in total. The molecular formula is C16H26N4O2S2. The van der Waals surface area contributed by atoms with Gasteiger partial charge in [-0.1, -0.05) is 43.9 Å². The van der Waals surface area contributed by atoms with Crippen LogP contribution >= 0.6 is 23.1 Å². The van der Waals surface area contributed by atoms with E-state index in [2.05, 4.69) is 29.4 Å². The van der Waals surface area contributed by atoms with Crippen molar-refractivity contribution >= 4 is 40.0 Å². The standard InChI is InChI=1S/C16H26N4O2S2/c1-10-7-6-8-11(2)20(10)12(21)9-23-15-19-18-14(24-15)17-13(22)16(3,4)5/h10-11H,6-9H2,1-5H3,(H,17,18,22)/t10-,11+. The first-order valence-corrected chi connectivity index (χ1v) is 10.1. The molecule has 8 heteroatoms. The van der Waals surface area contributed by atoms with Crippen molar-refractivity contribution in [3.63, 3.8) is 0 Å². The Hall–Kier alpha value is -1.15. The lowest BCUT2D eigenvalue weighted by molar-refractivity contribution is -0.134. The molecule has 1 aromatic heterocycles. The molecular weight excluding hydrogens is 344 g/mol. The zero-order chi connectivity index (χ0) is 17.9. The van der Waals surface area contributed by atoms with E-state index in [9.17, 15) is 9.59 Å². The van der Waals surface area contributed by atoms with Gasteiger partial charge in [0.1, 0.15) is 0 Å². The summed E-state index contributed by atoms with van der Waals surface area (Å²) >= 11 is 2.69. The zero-order valence-electron chi connectivity index (χ0n) is 15.0. The van der Waals surface area contributed by atoms with Crippen LogP contribution < -0.4 is 5.32 Å². The number of piperidine rings is 1. The molecule has 0 spiro atoms. The van der Waals surface area contributed by atoms with Crippen LogP contribution in [-0.2, 0) is 9.59 Å². The molecule has 1 aliphatic heterocycles. The van der Waals surface area contributed by atoms with E-state index in [4.69, 9.17) is 0 Å². The first-order chi connectivity index (χ1) is 11.2. The lowest BCUT2D eigenvalue weighted by Crippen LogP contribution is -2.48. The minimum atomic E-state index is -0.477. The SMILES string of the molecule is C[C@@H]1CCC[C@H](C)N1C(=O)CSc1nnc(NC(=O)C(C)(C)C)s1. The van der Waals surface area contributed by atoms with Crippen molar-refractivity contribution in [3.05, 3.63) is 0 Å². The van der Waals surface area contributed by atoms with E-state index < -0.39 is 5.41 Å². The first kappa shape index (κ1) is 19.2. The van der Waals surface area contributed by atoms with E-state index in [-0.39, 0.29) is 11.8 Å². The summed E-state index contributed by atoms with van der Waals surface area (Å²) in [6.45, 7) is 9.77. The minimum Gasteiger partial charge on any atom is -0.337 e. The zero-order valence-corrected chi connectivity index (χ0v) is 16.6. The third kappa shape index (κ3) is 4.92. The second kappa shape index (κ2) is 7.82. The monoisotopic (exact) mass is 370 g/mol. The van der Waals surface area contributed by atoms with Crippen molar-refractivity contribution in [2.45, 2.75) is 70.3 Å². The summed E-state index contributed by atoms with van der Waals surface area (Å²) < 4.78 is 0.699. The average Bonchev–Trinajstić information content (AvgIpc) is 2.91. The minimum absolute atomic E-state index is 0.0951. The van der Waals surface area contributed by atoms with Gasteiger partial charge in [-0.2, -0.15) is 0 Å². The van der Waals surface area contributed by atoms with Crippen molar-refractivity contribution < 1.29 is 9.59 Å². The van der Waals surface area contributed by atoms with E-state index in [0.29, 0.717) is 27.3 Å². The number of hydrogen-bond acceptors (Lipinski definition) is 6. The molecule has 2 atom stereocenters. The summed E-state index contributed by atoms with van der Waals surface area (Å²) in [7, 11) is 0. The Labute approximate surface area is 151 Å². The van der Waals surface area contributed by atoms with Gasteiger partial charge < -0.3 is 10.2 Å². The molecule has 1 saturated heterocycles. The Kier molecular flexibility index (Phi) is 6.25. The number of hydrogen-bond donors (Lipinski definition) is 1. The van der Waals surface area contributed by atoms with E-state index >= 15 is 0 Å². The summed E-state index contributed by atoms with van der Waals surface area (Å²) in [6, 6.07) is 0.607. The van der Waals surface area contributed by atoms with Crippen molar-refractivity contribution in [2.75, 3.05) is 11.1 Å². The van der Waals surface area contributed by atoms with Crippen molar-refractivity contribution in [1.82, 2.24) is 15.1 Å². The van der Waals surface area contributed by atoms with Crippen LogP contribution in [0.15, 0.2) is 4.34 Å². The van der Waals surface area contributed by atoms with Crippen molar-refractivity contribution in [2.24, 2.45) is 5.41 Å². The summed E-state index contributed by atoms with van der Waals surface area (Å²) in [6.07, 6.45) is 3.33.